The monoisotopic (exact) mass is 268 g/mol. The second-order valence-electron chi connectivity index (χ2n) is 4.62. The van der Waals surface area contributed by atoms with Gasteiger partial charge in [0.2, 0.25) is 0 Å². The van der Waals surface area contributed by atoms with Crippen LogP contribution in [0, 0.1) is 17.0 Å². The van der Waals surface area contributed by atoms with Crippen molar-refractivity contribution < 1.29 is 4.92 Å². The Balaban J connectivity index is 2.12. The van der Waals surface area contributed by atoms with E-state index in [1.807, 2.05) is 25.1 Å². The van der Waals surface area contributed by atoms with E-state index in [1.54, 1.807) is 6.07 Å². The number of aryl methyl sites for hydroxylation is 1. The van der Waals surface area contributed by atoms with Crippen LogP contribution in [0.4, 0.5) is 11.4 Å². The predicted molar refractivity (Wildman–Crippen MR) is 77.3 cm³/mol. The molecule has 3 rings (SSSR count). The van der Waals surface area contributed by atoms with E-state index in [0.717, 1.165) is 11.1 Å². The van der Waals surface area contributed by atoms with Gasteiger partial charge in [-0.25, -0.2) is 4.98 Å². The second kappa shape index (κ2) is 4.34. The third-order valence-corrected chi connectivity index (χ3v) is 3.23. The smallest absolute Gasteiger partial charge is 0.271 e. The SMILES string of the molecule is Cc1ccc(-c2nc3ccc([N+](=O)[O-])cc3[nH]2)cc1N. The van der Waals surface area contributed by atoms with Crippen LogP contribution in [0.2, 0.25) is 0 Å². The van der Waals surface area contributed by atoms with Gasteiger partial charge < -0.3 is 10.7 Å². The number of nitro benzene ring substituents is 1. The van der Waals surface area contributed by atoms with Crippen molar-refractivity contribution in [2.75, 3.05) is 5.73 Å². The van der Waals surface area contributed by atoms with Gasteiger partial charge in [-0.15, -0.1) is 0 Å². The summed E-state index contributed by atoms with van der Waals surface area (Å²) in [5, 5.41) is 10.8. The number of benzene rings is 2. The lowest BCUT2D eigenvalue weighted by atomic mass is 10.1. The van der Waals surface area contributed by atoms with Gasteiger partial charge in [-0.05, 0) is 24.6 Å². The van der Waals surface area contributed by atoms with E-state index in [9.17, 15) is 10.1 Å². The molecule has 0 fully saturated rings. The summed E-state index contributed by atoms with van der Waals surface area (Å²) in [6.07, 6.45) is 0. The number of nitrogens with two attached hydrogens (primary N) is 1. The maximum Gasteiger partial charge on any atom is 0.271 e. The van der Waals surface area contributed by atoms with Crippen molar-refractivity contribution in [3.63, 3.8) is 0 Å². The Morgan fingerprint density at radius 1 is 1.25 bits per heavy atom. The number of aromatic amines is 1. The molecule has 0 bridgehead atoms. The van der Waals surface area contributed by atoms with Crippen molar-refractivity contribution in [3.8, 4) is 11.4 Å². The first-order valence-electron chi connectivity index (χ1n) is 6.05. The molecule has 2 aromatic carbocycles. The number of hydrogen-bond donors (Lipinski definition) is 2. The lowest BCUT2D eigenvalue weighted by Gasteiger charge is -2.01. The number of fused-ring (bicyclic) bond motifs is 1. The van der Waals surface area contributed by atoms with E-state index in [1.165, 1.54) is 12.1 Å². The summed E-state index contributed by atoms with van der Waals surface area (Å²) < 4.78 is 0. The first-order valence-corrected chi connectivity index (χ1v) is 6.05. The van der Waals surface area contributed by atoms with E-state index in [0.29, 0.717) is 22.5 Å². The van der Waals surface area contributed by atoms with Gasteiger partial charge in [-0.1, -0.05) is 12.1 Å². The summed E-state index contributed by atoms with van der Waals surface area (Å²) in [6.45, 7) is 1.93. The molecule has 100 valence electrons. The summed E-state index contributed by atoms with van der Waals surface area (Å²) in [7, 11) is 0. The average molecular weight is 268 g/mol. The van der Waals surface area contributed by atoms with Crippen LogP contribution >= 0.6 is 0 Å². The zero-order chi connectivity index (χ0) is 14.3. The third-order valence-electron chi connectivity index (χ3n) is 3.23. The third kappa shape index (κ3) is 1.97. The van der Waals surface area contributed by atoms with Gasteiger partial charge in [0.25, 0.3) is 5.69 Å². The molecule has 3 aromatic rings. The number of H-pyrrole nitrogens is 1. The van der Waals surface area contributed by atoms with E-state index in [-0.39, 0.29) is 5.69 Å². The normalized spacial score (nSPS) is 10.8. The number of imidazole rings is 1. The average Bonchev–Trinajstić information content (AvgIpc) is 2.84. The van der Waals surface area contributed by atoms with E-state index in [2.05, 4.69) is 9.97 Å². The number of nitrogen functional groups attached to an aromatic ring is 1. The molecule has 0 spiro atoms. The van der Waals surface area contributed by atoms with Gasteiger partial charge in [0.05, 0.1) is 16.0 Å². The Hall–Kier alpha value is -2.89. The van der Waals surface area contributed by atoms with Crippen molar-refractivity contribution in [2.45, 2.75) is 6.92 Å². The molecule has 6 heteroatoms. The van der Waals surface area contributed by atoms with E-state index < -0.39 is 4.92 Å². The standard InChI is InChI=1S/C14H12N4O2/c1-8-2-3-9(6-11(8)15)14-16-12-5-4-10(18(19)20)7-13(12)17-14/h2-7H,15H2,1H3,(H,16,17). The van der Waals surface area contributed by atoms with Gasteiger partial charge in [-0.2, -0.15) is 0 Å². The molecule has 0 radical (unpaired) electrons. The lowest BCUT2D eigenvalue weighted by molar-refractivity contribution is -0.384. The number of aromatic nitrogens is 2. The fourth-order valence-corrected chi connectivity index (χ4v) is 2.04. The van der Waals surface area contributed by atoms with Crippen LogP contribution in [0.25, 0.3) is 22.4 Å². The first-order chi connectivity index (χ1) is 9.54. The van der Waals surface area contributed by atoms with Gasteiger partial charge in [0.15, 0.2) is 0 Å². The van der Waals surface area contributed by atoms with Crippen molar-refractivity contribution in [2.24, 2.45) is 0 Å². The zero-order valence-electron chi connectivity index (χ0n) is 10.8. The number of anilines is 1. The lowest BCUT2D eigenvalue weighted by Crippen LogP contribution is -1.90. The number of rotatable bonds is 2. The Bertz CT molecular complexity index is 823. The second-order valence-corrected chi connectivity index (χ2v) is 4.62. The van der Waals surface area contributed by atoms with Gasteiger partial charge in [-0.3, -0.25) is 10.1 Å². The number of hydrogen-bond acceptors (Lipinski definition) is 4. The molecule has 0 unspecified atom stereocenters. The largest absolute Gasteiger partial charge is 0.398 e. The van der Waals surface area contributed by atoms with Crippen molar-refractivity contribution in [1.29, 1.82) is 0 Å². The fraction of sp³-hybridized carbons (Fsp3) is 0.0714. The van der Waals surface area contributed by atoms with Crippen LogP contribution in [0.1, 0.15) is 5.56 Å². The Labute approximate surface area is 114 Å². The maximum absolute atomic E-state index is 10.8. The minimum absolute atomic E-state index is 0.0381. The number of non-ortho nitro benzene ring substituents is 1. The highest BCUT2D eigenvalue weighted by Crippen LogP contribution is 2.25. The van der Waals surface area contributed by atoms with Crippen LogP contribution in [0.15, 0.2) is 36.4 Å². The predicted octanol–water partition coefficient (Wildman–Crippen LogP) is 3.03. The highest BCUT2D eigenvalue weighted by atomic mass is 16.6. The molecule has 1 heterocycles. The van der Waals surface area contributed by atoms with Crippen LogP contribution in [-0.2, 0) is 0 Å². The summed E-state index contributed by atoms with van der Waals surface area (Å²) in [6, 6.07) is 10.2. The highest BCUT2D eigenvalue weighted by molar-refractivity contribution is 5.82. The Morgan fingerprint density at radius 2 is 2.05 bits per heavy atom. The molecular formula is C14H12N4O2. The topological polar surface area (TPSA) is 97.8 Å². The van der Waals surface area contributed by atoms with E-state index in [4.69, 9.17) is 5.73 Å². The molecule has 0 saturated heterocycles. The maximum atomic E-state index is 10.8. The van der Waals surface area contributed by atoms with Crippen LogP contribution < -0.4 is 5.73 Å². The summed E-state index contributed by atoms with van der Waals surface area (Å²) in [4.78, 5) is 17.8. The van der Waals surface area contributed by atoms with Crippen molar-refractivity contribution in [3.05, 3.63) is 52.1 Å². The molecule has 1 aromatic heterocycles. The Morgan fingerprint density at radius 3 is 2.75 bits per heavy atom. The first kappa shape index (κ1) is 12.2. The van der Waals surface area contributed by atoms with Crippen molar-refractivity contribution >= 4 is 22.4 Å². The summed E-state index contributed by atoms with van der Waals surface area (Å²) in [5.74, 6) is 0.646. The molecule has 0 aliphatic rings. The van der Waals surface area contributed by atoms with Gasteiger partial charge in [0.1, 0.15) is 5.82 Å². The van der Waals surface area contributed by atoms with Gasteiger partial charge in [0, 0.05) is 23.4 Å². The summed E-state index contributed by atoms with van der Waals surface area (Å²) in [5.41, 5.74) is 9.78. The highest BCUT2D eigenvalue weighted by Gasteiger charge is 2.11. The molecule has 6 nitrogen and oxygen atoms in total. The molecule has 0 aliphatic heterocycles. The van der Waals surface area contributed by atoms with Crippen LogP contribution in [-0.4, -0.2) is 14.9 Å². The molecule has 3 N–H and O–H groups in total. The molecular weight excluding hydrogens is 256 g/mol. The molecule has 0 amide bonds. The van der Waals surface area contributed by atoms with Crippen LogP contribution in [0.3, 0.4) is 0 Å². The molecule has 20 heavy (non-hydrogen) atoms. The van der Waals surface area contributed by atoms with Gasteiger partial charge >= 0.3 is 0 Å². The summed E-state index contributed by atoms with van der Waals surface area (Å²) >= 11 is 0. The van der Waals surface area contributed by atoms with Crippen LogP contribution in [0.5, 0.6) is 0 Å². The van der Waals surface area contributed by atoms with E-state index >= 15 is 0 Å². The molecule has 0 aliphatic carbocycles. The number of nitro groups is 1. The van der Waals surface area contributed by atoms with Crippen molar-refractivity contribution in [1.82, 2.24) is 9.97 Å². The zero-order valence-corrected chi connectivity index (χ0v) is 10.8. The molecule has 0 atom stereocenters. The Kier molecular flexibility index (Phi) is 2.64. The number of nitrogens with zero attached hydrogens (tertiary/aromatic N) is 2. The minimum atomic E-state index is -0.427. The quantitative estimate of drug-likeness (QED) is 0.424. The molecule has 0 saturated carbocycles. The number of nitrogens with one attached hydrogen (secondary N) is 1. The fourth-order valence-electron chi connectivity index (χ4n) is 2.04. The minimum Gasteiger partial charge on any atom is -0.398 e.